The van der Waals surface area contributed by atoms with Crippen molar-refractivity contribution in [3.63, 3.8) is 0 Å². The van der Waals surface area contributed by atoms with Crippen LogP contribution >= 0.6 is 0 Å². The predicted octanol–water partition coefficient (Wildman–Crippen LogP) is 3.43. The maximum atomic E-state index is 5.97. The number of benzene rings is 1. The van der Waals surface area contributed by atoms with Crippen molar-refractivity contribution in [2.24, 2.45) is 5.92 Å². The van der Waals surface area contributed by atoms with Crippen molar-refractivity contribution in [2.75, 3.05) is 13.7 Å². The fourth-order valence-corrected chi connectivity index (χ4v) is 2.86. The Morgan fingerprint density at radius 2 is 2.10 bits per heavy atom. The van der Waals surface area contributed by atoms with Crippen molar-refractivity contribution in [3.05, 3.63) is 48.3 Å². The van der Waals surface area contributed by atoms with Crippen LogP contribution in [0.1, 0.15) is 18.9 Å². The normalized spacial score (nSPS) is 23.9. The molecule has 1 saturated carbocycles. The van der Waals surface area contributed by atoms with Crippen LogP contribution in [0.15, 0.2) is 42.7 Å². The van der Waals surface area contributed by atoms with Gasteiger partial charge in [-0.15, -0.1) is 0 Å². The van der Waals surface area contributed by atoms with Gasteiger partial charge in [-0.25, -0.2) is 0 Å². The number of hydrogen-bond donors (Lipinski definition) is 1. The molecule has 0 radical (unpaired) electrons. The molecule has 1 aliphatic rings. The van der Waals surface area contributed by atoms with E-state index in [0.717, 1.165) is 11.3 Å². The second kappa shape index (κ2) is 5.49. The van der Waals surface area contributed by atoms with Gasteiger partial charge < -0.3 is 10.1 Å². The van der Waals surface area contributed by atoms with Gasteiger partial charge in [-0.1, -0.05) is 31.2 Å². The number of hydrogen-bond acceptors (Lipinski definition) is 3. The van der Waals surface area contributed by atoms with Crippen molar-refractivity contribution in [1.29, 1.82) is 0 Å². The molecule has 0 unspecified atom stereocenters. The molecule has 0 spiro atoms. The van der Waals surface area contributed by atoms with Crippen molar-refractivity contribution < 1.29 is 4.74 Å². The molecule has 1 aromatic carbocycles. The summed E-state index contributed by atoms with van der Waals surface area (Å²) in [7, 11) is 2.01. The SMILES string of the molecule is CN[C@]1(COc2cncc(-c3ccccc3C)c2)C[C@@H]1C. The van der Waals surface area contributed by atoms with Crippen molar-refractivity contribution in [1.82, 2.24) is 10.3 Å². The highest BCUT2D eigenvalue weighted by Gasteiger charge is 2.50. The van der Waals surface area contributed by atoms with E-state index in [1.54, 1.807) is 6.20 Å². The lowest BCUT2D eigenvalue weighted by Crippen LogP contribution is -2.36. The third-order valence-corrected chi connectivity index (χ3v) is 4.62. The Bertz CT molecular complexity index is 637. The minimum atomic E-state index is 0.151. The lowest BCUT2D eigenvalue weighted by Gasteiger charge is -2.17. The monoisotopic (exact) mass is 282 g/mol. The molecule has 0 saturated heterocycles. The summed E-state index contributed by atoms with van der Waals surface area (Å²) in [5.74, 6) is 1.51. The molecule has 1 N–H and O–H groups in total. The summed E-state index contributed by atoms with van der Waals surface area (Å²) in [6, 6.07) is 10.4. The molecule has 3 heteroatoms. The first-order chi connectivity index (χ1) is 10.1. The van der Waals surface area contributed by atoms with Gasteiger partial charge in [-0.3, -0.25) is 4.98 Å². The number of aryl methyl sites for hydroxylation is 1. The fraction of sp³-hybridized carbons (Fsp3) is 0.389. The third kappa shape index (κ3) is 2.79. The second-order valence-electron chi connectivity index (χ2n) is 6.02. The van der Waals surface area contributed by atoms with Crippen LogP contribution in [0.4, 0.5) is 0 Å². The topological polar surface area (TPSA) is 34.1 Å². The molecule has 1 fully saturated rings. The Hall–Kier alpha value is -1.87. The van der Waals surface area contributed by atoms with Gasteiger partial charge in [-0.05, 0) is 43.5 Å². The van der Waals surface area contributed by atoms with E-state index in [1.165, 1.54) is 17.5 Å². The van der Waals surface area contributed by atoms with Crippen LogP contribution in [-0.2, 0) is 0 Å². The Labute approximate surface area is 126 Å². The first-order valence-electron chi connectivity index (χ1n) is 7.47. The molecule has 21 heavy (non-hydrogen) atoms. The highest BCUT2D eigenvalue weighted by atomic mass is 16.5. The van der Waals surface area contributed by atoms with E-state index in [1.807, 2.05) is 13.2 Å². The number of nitrogens with zero attached hydrogens (tertiary/aromatic N) is 1. The van der Waals surface area contributed by atoms with Crippen LogP contribution in [0.3, 0.4) is 0 Å². The van der Waals surface area contributed by atoms with E-state index in [2.05, 4.69) is 54.5 Å². The number of aromatic nitrogens is 1. The van der Waals surface area contributed by atoms with Gasteiger partial charge in [0.15, 0.2) is 0 Å². The molecule has 3 rings (SSSR count). The summed E-state index contributed by atoms with van der Waals surface area (Å²) in [6.07, 6.45) is 4.86. The predicted molar refractivity (Wildman–Crippen MR) is 85.5 cm³/mol. The maximum Gasteiger partial charge on any atom is 0.138 e. The van der Waals surface area contributed by atoms with E-state index in [0.29, 0.717) is 12.5 Å². The molecule has 2 aromatic rings. The molecule has 1 heterocycles. The average Bonchev–Trinajstić information content (AvgIpc) is 3.17. The Morgan fingerprint density at radius 3 is 2.76 bits per heavy atom. The Morgan fingerprint density at radius 1 is 1.33 bits per heavy atom. The first-order valence-corrected chi connectivity index (χ1v) is 7.47. The highest BCUT2D eigenvalue weighted by molar-refractivity contribution is 5.67. The minimum Gasteiger partial charge on any atom is -0.490 e. The molecule has 2 atom stereocenters. The maximum absolute atomic E-state index is 5.97. The average molecular weight is 282 g/mol. The zero-order chi connectivity index (χ0) is 14.9. The van der Waals surface area contributed by atoms with Crippen LogP contribution in [-0.4, -0.2) is 24.2 Å². The lowest BCUT2D eigenvalue weighted by atomic mass is 10.0. The van der Waals surface area contributed by atoms with Crippen LogP contribution in [0.2, 0.25) is 0 Å². The summed E-state index contributed by atoms with van der Waals surface area (Å²) >= 11 is 0. The van der Waals surface area contributed by atoms with E-state index >= 15 is 0 Å². The summed E-state index contributed by atoms with van der Waals surface area (Å²) in [5, 5.41) is 3.38. The van der Waals surface area contributed by atoms with Gasteiger partial charge in [0.2, 0.25) is 0 Å². The molecule has 3 nitrogen and oxygen atoms in total. The van der Waals surface area contributed by atoms with Crippen LogP contribution < -0.4 is 10.1 Å². The second-order valence-corrected chi connectivity index (χ2v) is 6.02. The number of ether oxygens (including phenoxy) is 1. The van der Waals surface area contributed by atoms with Gasteiger partial charge in [0.05, 0.1) is 11.7 Å². The molecular weight excluding hydrogens is 260 g/mol. The van der Waals surface area contributed by atoms with Crippen molar-refractivity contribution >= 4 is 0 Å². The standard InChI is InChI=1S/C18H22N2O/c1-13-6-4-5-7-17(13)15-8-16(11-20-10-15)21-12-18(19-3)9-14(18)2/h4-8,10-11,14,19H,9,12H2,1-3H3/t14-,18-/m0/s1. The Balaban J connectivity index is 1.77. The number of nitrogens with one attached hydrogen (secondary N) is 1. The van der Waals surface area contributed by atoms with Crippen LogP contribution in [0, 0.1) is 12.8 Å². The fourth-order valence-electron chi connectivity index (χ4n) is 2.86. The molecule has 0 aliphatic heterocycles. The number of pyridine rings is 1. The molecule has 0 amide bonds. The van der Waals surface area contributed by atoms with Gasteiger partial charge in [0.1, 0.15) is 12.4 Å². The summed E-state index contributed by atoms with van der Waals surface area (Å²) in [6.45, 7) is 5.07. The molecule has 1 aromatic heterocycles. The largest absolute Gasteiger partial charge is 0.490 e. The lowest BCUT2D eigenvalue weighted by molar-refractivity contribution is 0.249. The summed E-state index contributed by atoms with van der Waals surface area (Å²) < 4.78 is 5.97. The third-order valence-electron chi connectivity index (χ3n) is 4.62. The van der Waals surface area contributed by atoms with E-state index in [9.17, 15) is 0 Å². The molecule has 1 aliphatic carbocycles. The minimum absolute atomic E-state index is 0.151. The zero-order valence-electron chi connectivity index (χ0n) is 12.9. The van der Waals surface area contributed by atoms with Gasteiger partial charge in [-0.2, -0.15) is 0 Å². The van der Waals surface area contributed by atoms with Crippen molar-refractivity contribution in [2.45, 2.75) is 25.8 Å². The zero-order valence-corrected chi connectivity index (χ0v) is 12.9. The van der Waals surface area contributed by atoms with Crippen LogP contribution in [0.5, 0.6) is 5.75 Å². The van der Waals surface area contributed by atoms with E-state index < -0.39 is 0 Å². The molecular formula is C18H22N2O. The summed E-state index contributed by atoms with van der Waals surface area (Å²) in [4.78, 5) is 4.32. The van der Waals surface area contributed by atoms with Crippen LogP contribution in [0.25, 0.3) is 11.1 Å². The smallest absolute Gasteiger partial charge is 0.138 e. The first kappa shape index (κ1) is 14.1. The summed E-state index contributed by atoms with van der Waals surface area (Å²) in [5.41, 5.74) is 3.71. The quantitative estimate of drug-likeness (QED) is 0.912. The van der Waals surface area contributed by atoms with E-state index in [4.69, 9.17) is 4.74 Å². The number of likely N-dealkylation sites (N-methyl/N-ethyl adjacent to an activating group) is 1. The van der Waals surface area contributed by atoms with Gasteiger partial charge in [0.25, 0.3) is 0 Å². The van der Waals surface area contributed by atoms with E-state index in [-0.39, 0.29) is 5.54 Å². The Kier molecular flexibility index (Phi) is 3.68. The van der Waals surface area contributed by atoms with Gasteiger partial charge >= 0.3 is 0 Å². The number of rotatable bonds is 5. The van der Waals surface area contributed by atoms with Gasteiger partial charge in [0, 0.05) is 11.8 Å². The highest BCUT2D eigenvalue weighted by Crippen LogP contribution is 2.42. The van der Waals surface area contributed by atoms with Crippen molar-refractivity contribution in [3.8, 4) is 16.9 Å². The molecule has 0 bridgehead atoms. The molecule has 110 valence electrons.